The topological polar surface area (TPSA) is 47.0 Å². The molecule has 1 aromatic rings. The van der Waals surface area contributed by atoms with Crippen LogP contribution in [-0.2, 0) is 6.42 Å². The van der Waals surface area contributed by atoms with Crippen molar-refractivity contribution in [1.29, 1.82) is 0 Å². The highest BCUT2D eigenvalue weighted by atomic mass is 16.5. The molecule has 0 aliphatic rings. The van der Waals surface area contributed by atoms with Gasteiger partial charge in [-0.05, 0) is 6.42 Å². The van der Waals surface area contributed by atoms with Gasteiger partial charge in [-0.3, -0.25) is 0 Å². The number of terminal acetylenes is 1. The minimum absolute atomic E-state index is 0.228. The van der Waals surface area contributed by atoms with Crippen LogP contribution in [0.2, 0.25) is 0 Å². The van der Waals surface area contributed by atoms with Gasteiger partial charge in [0.2, 0.25) is 5.88 Å². The second-order valence-corrected chi connectivity index (χ2v) is 3.00. The molecule has 1 heterocycles. The molecule has 1 rings (SSSR count). The van der Waals surface area contributed by atoms with Crippen LogP contribution in [0.3, 0.4) is 0 Å². The fraction of sp³-hybridized carbons (Fsp3) is 0.455. The van der Waals surface area contributed by atoms with E-state index in [0.717, 1.165) is 24.5 Å². The van der Waals surface area contributed by atoms with Gasteiger partial charge in [0.25, 0.3) is 0 Å². The maximum absolute atomic E-state index is 5.26. The third kappa shape index (κ3) is 3.47. The second kappa shape index (κ2) is 5.86. The third-order valence-electron chi connectivity index (χ3n) is 1.78. The predicted molar refractivity (Wildman–Crippen MR) is 59.9 cm³/mol. The van der Waals surface area contributed by atoms with Crippen molar-refractivity contribution >= 4 is 5.82 Å². The number of aryl methyl sites for hydroxylation is 1. The van der Waals surface area contributed by atoms with Gasteiger partial charge in [-0.25, -0.2) is 4.98 Å². The molecule has 1 N–H and O–H groups in total. The van der Waals surface area contributed by atoms with Crippen molar-refractivity contribution < 1.29 is 4.74 Å². The summed E-state index contributed by atoms with van der Waals surface area (Å²) in [7, 11) is 1.81. The van der Waals surface area contributed by atoms with Crippen molar-refractivity contribution in [1.82, 2.24) is 9.97 Å². The molecule has 0 saturated carbocycles. The molecule has 0 spiro atoms. The van der Waals surface area contributed by atoms with Crippen LogP contribution in [0.1, 0.15) is 19.2 Å². The maximum Gasteiger partial charge on any atom is 0.219 e. The molecule has 4 heteroatoms. The lowest BCUT2D eigenvalue weighted by Crippen LogP contribution is -2.04. The van der Waals surface area contributed by atoms with Gasteiger partial charge in [-0.15, -0.1) is 6.42 Å². The van der Waals surface area contributed by atoms with Gasteiger partial charge >= 0.3 is 0 Å². The van der Waals surface area contributed by atoms with Crippen LogP contribution < -0.4 is 10.1 Å². The van der Waals surface area contributed by atoms with E-state index in [2.05, 4.69) is 28.1 Å². The summed E-state index contributed by atoms with van der Waals surface area (Å²) in [6.07, 6.45) is 6.95. The Labute approximate surface area is 90.1 Å². The van der Waals surface area contributed by atoms with Crippen LogP contribution in [0.25, 0.3) is 0 Å². The number of rotatable bonds is 5. The number of hydrogen-bond donors (Lipinski definition) is 1. The van der Waals surface area contributed by atoms with Crippen molar-refractivity contribution in [3.05, 3.63) is 11.9 Å². The van der Waals surface area contributed by atoms with Crippen LogP contribution >= 0.6 is 0 Å². The van der Waals surface area contributed by atoms with Crippen molar-refractivity contribution in [2.45, 2.75) is 19.8 Å². The summed E-state index contributed by atoms with van der Waals surface area (Å²) in [4.78, 5) is 8.54. The maximum atomic E-state index is 5.26. The summed E-state index contributed by atoms with van der Waals surface area (Å²) in [6, 6.07) is 1.73. The lowest BCUT2D eigenvalue weighted by molar-refractivity contribution is 0.353. The smallest absolute Gasteiger partial charge is 0.219 e. The van der Waals surface area contributed by atoms with Crippen LogP contribution in [-0.4, -0.2) is 23.6 Å². The Morgan fingerprint density at radius 2 is 2.33 bits per heavy atom. The predicted octanol–water partition coefficient (Wildman–Crippen LogP) is 1.48. The van der Waals surface area contributed by atoms with E-state index in [1.165, 1.54) is 0 Å². The fourth-order valence-electron chi connectivity index (χ4n) is 1.13. The second-order valence-electron chi connectivity index (χ2n) is 3.00. The number of hydrogen-bond acceptors (Lipinski definition) is 4. The molecule has 0 unspecified atom stereocenters. The normalized spacial score (nSPS) is 9.40. The first-order valence-electron chi connectivity index (χ1n) is 4.92. The standard InChI is InChI=1S/C11H15N3O/c1-4-6-9-13-10(12-3)8-11(14-9)15-7-5-2/h2,8H,4,6-7H2,1,3H3,(H,12,13,14). The Bertz CT molecular complexity index is 357. The SMILES string of the molecule is C#CCOc1cc(NC)nc(CCC)n1. The minimum atomic E-state index is 0.228. The lowest BCUT2D eigenvalue weighted by atomic mass is 10.3. The number of nitrogens with zero attached hydrogens (tertiary/aromatic N) is 2. The van der Waals surface area contributed by atoms with Gasteiger partial charge in [0.15, 0.2) is 6.61 Å². The van der Waals surface area contributed by atoms with Crippen LogP contribution in [0.4, 0.5) is 5.82 Å². The van der Waals surface area contributed by atoms with Crippen LogP contribution in [0.5, 0.6) is 5.88 Å². The molecular weight excluding hydrogens is 190 g/mol. The van der Waals surface area contributed by atoms with Gasteiger partial charge in [-0.2, -0.15) is 4.98 Å². The molecule has 0 amide bonds. The van der Waals surface area contributed by atoms with E-state index >= 15 is 0 Å². The Kier molecular flexibility index (Phi) is 4.42. The van der Waals surface area contributed by atoms with Gasteiger partial charge in [-0.1, -0.05) is 12.8 Å². The third-order valence-corrected chi connectivity index (χ3v) is 1.78. The molecule has 0 bridgehead atoms. The molecule has 80 valence electrons. The zero-order valence-electron chi connectivity index (χ0n) is 9.08. The Hall–Kier alpha value is -1.76. The molecule has 0 saturated heterocycles. The van der Waals surface area contributed by atoms with Crippen LogP contribution in [0, 0.1) is 12.3 Å². The first kappa shape index (κ1) is 11.3. The van der Waals surface area contributed by atoms with E-state index < -0.39 is 0 Å². The Morgan fingerprint density at radius 3 is 2.93 bits per heavy atom. The van der Waals surface area contributed by atoms with Gasteiger partial charge < -0.3 is 10.1 Å². The highest BCUT2D eigenvalue weighted by Crippen LogP contribution is 2.13. The van der Waals surface area contributed by atoms with Gasteiger partial charge in [0.1, 0.15) is 11.6 Å². The minimum Gasteiger partial charge on any atom is -0.464 e. The van der Waals surface area contributed by atoms with E-state index in [4.69, 9.17) is 11.2 Å². The molecule has 0 aliphatic heterocycles. The fourth-order valence-corrected chi connectivity index (χ4v) is 1.13. The van der Waals surface area contributed by atoms with E-state index in [1.807, 2.05) is 7.05 Å². The van der Waals surface area contributed by atoms with E-state index in [9.17, 15) is 0 Å². The number of ether oxygens (including phenoxy) is 1. The zero-order valence-corrected chi connectivity index (χ0v) is 9.08. The molecule has 0 aliphatic carbocycles. The Morgan fingerprint density at radius 1 is 1.53 bits per heavy atom. The number of aromatic nitrogens is 2. The average molecular weight is 205 g/mol. The quantitative estimate of drug-likeness (QED) is 0.740. The zero-order chi connectivity index (χ0) is 11.1. The van der Waals surface area contributed by atoms with Gasteiger partial charge in [0, 0.05) is 19.5 Å². The molecule has 1 aromatic heterocycles. The highest BCUT2D eigenvalue weighted by molar-refractivity contribution is 5.37. The summed E-state index contributed by atoms with van der Waals surface area (Å²) >= 11 is 0. The van der Waals surface area contributed by atoms with E-state index in [1.54, 1.807) is 6.07 Å². The summed E-state index contributed by atoms with van der Waals surface area (Å²) in [5.74, 6) is 4.45. The average Bonchev–Trinajstić information content (AvgIpc) is 2.26. The molecule has 0 radical (unpaired) electrons. The molecule has 15 heavy (non-hydrogen) atoms. The Balaban J connectivity index is 2.85. The van der Waals surface area contributed by atoms with E-state index in [0.29, 0.717) is 5.88 Å². The summed E-state index contributed by atoms with van der Waals surface area (Å²) in [6.45, 7) is 2.31. The molecular formula is C11H15N3O. The monoisotopic (exact) mass is 205 g/mol. The summed E-state index contributed by atoms with van der Waals surface area (Å²) in [5, 5.41) is 2.96. The molecule has 4 nitrogen and oxygen atoms in total. The van der Waals surface area contributed by atoms with Gasteiger partial charge in [0.05, 0.1) is 0 Å². The first-order chi connectivity index (χ1) is 7.30. The molecule has 0 fully saturated rings. The lowest BCUT2D eigenvalue weighted by Gasteiger charge is -2.06. The number of nitrogens with one attached hydrogen (secondary N) is 1. The van der Waals surface area contributed by atoms with Crippen molar-refractivity contribution in [3.8, 4) is 18.2 Å². The molecule has 0 aromatic carbocycles. The number of anilines is 1. The largest absolute Gasteiger partial charge is 0.464 e. The first-order valence-corrected chi connectivity index (χ1v) is 4.92. The van der Waals surface area contributed by atoms with Crippen molar-refractivity contribution in [2.24, 2.45) is 0 Å². The molecule has 0 atom stereocenters. The van der Waals surface area contributed by atoms with Crippen LogP contribution in [0.15, 0.2) is 6.07 Å². The highest BCUT2D eigenvalue weighted by Gasteiger charge is 2.03. The summed E-state index contributed by atoms with van der Waals surface area (Å²) < 4.78 is 5.26. The van der Waals surface area contributed by atoms with E-state index in [-0.39, 0.29) is 6.61 Å². The van der Waals surface area contributed by atoms with Crippen molar-refractivity contribution in [2.75, 3.05) is 19.0 Å². The summed E-state index contributed by atoms with van der Waals surface area (Å²) in [5.41, 5.74) is 0. The van der Waals surface area contributed by atoms with Crippen molar-refractivity contribution in [3.63, 3.8) is 0 Å².